The molecule has 0 aromatic heterocycles. The molecule has 0 radical (unpaired) electrons. The first-order chi connectivity index (χ1) is 5.79. The van der Waals surface area contributed by atoms with Crippen molar-refractivity contribution in [1.29, 1.82) is 0 Å². The molecule has 1 aromatic rings. The Morgan fingerprint density at radius 3 is 2.92 bits per heavy atom. The molecule has 64 valence electrons. The van der Waals surface area contributed by atoms with Gasteiger partial charge in [0.15, 0.2) is 11.6 Å². The van der Waals surface area contributed by atoms with Gasteiger partial charge >= 0.3 is 0 Å². The zero-order chi connectivity index (χ0) is 8.97. The van der Waals surface area contributed by atoms with Crippen LogP contribution in [0.25, 0.3) is 0 Å². The highest BCUT2D eigenvalue weighted by molar-refractivity contribution is 5.57. The monoisotopic (exact) mass is 168 g/mol. The van der Waals surface area contributed by atoms with E-state index >= 15 is 0 Å². The lowest BCUT2D eigenvalue weighted by atomic mass is 10.1. The minimum absolute atomic E-state index is 0.157. The molecule has 0 aliphatic carbocycles. The molecule has 0 heterocycles. The highest BCUT2D eigenvalue weighted by Gasteiger charge is 2.06. The average Bonchev–Trinajstić information content (AvgIpc) is 2.05. The van der Waals surface area contributed by atoms with E-state index < -0.39 is 5.82 Å². The summed E-state index contributed by atoms with van der Waals surface area (Å²) in [5, 5.41) is 0. The van der Waals surface area contributed by atoms with Gasteiger partial charge in [-0.05, 0) is 6.07 Å². The minimum atomic E-state index is -0.433. The van der Waals surface area contributed by atoms with Gasteiger partial charge < -0.3 is 9.53 Å². The summed E-state index contributed by atoms with van der Waals surface area (Å²) in [5.74, 6) is -0.276. The Kier molecular flexibility index (Phi) is 2.80. The van der Waals surface area contributed by atoms with Gasteiger partial charge in [-0.2, -0.15) is 0 Å². The third-order valence-electron chi connectivity index (χ3n) is 1.56. The maximum atomic E-state index is 12.9. The number of ether oxygens (including phenoxy) is 1. The van der Waals surface area contributed by atoms with Gasteiger partial charge in [0.25, 0.3) is 0 Å². The standard InChI is InChI=1S/C9H9FO2/c1-12-9-7(5-6-11)3-2-4-8(9)10/h2-4,6H,5H2,1H3. The molecule has 2 nitrogen and oxygen atoms in total. The lowest BCUT2D eigenvalue weighted by Crippen LogP contribution is -1.95. The molecule has 12 heavy (non-hydrogen) atoms. The topological polar surface area (TPSA) is 26.3 Å². The summed E-state index contributed by atoms with van der Waals surface area (Å²) < 4.78 is 17.7. The molecular formula is C9H9FO2. The molecule has 0 atom stereocenters. The Hall–Kier alpha value is -1.38. The normalized spacial score (nSPS) is 9.50. The van der Waals surface area contributed by atoms with Gasteiger partial charge in [0.2, 0.25) is 0 Å². The highest BCUT2D eigenvalue weighted by Crippen LogP contribution is 2.21. The number of halogens is 1. The summed E-state index contributed by atoms with van der Waals surface area (Å²) in [6.45, 7) is 0. The van der Waals surface area contributed by atoms with Crippen molar-refractivity contribution in [3.8, 4) is 5.75 Å². The fourth-order valence-corrected chi connectivity index (χ4v) is 1.03. The Bertz CT molecular complexity index is 284. The molecule has 3 heteroatoms. The van der Waals surface area contributed by atoms with Crippen LogP contribution in [-0.2, 0) is 11.2 Å². The van der Waals surface area contributed by atoms with Crippen molar-refractivity contribution in [2.75, 3.05) is 7.11 Å². The van der Waals surface area contributed by atoms with E-state index in [1.54, 1.807) is 12.1 Å². The zero-order valence-corrected chi connectivity index (χ0v) is 6.71. The molecule has 0 unspecified atom stereocenters. The minimum Gasteiger partial charge on any atom is -0.493 e. The largest absolute Gasteiger partial charge is 0.493 e. The van der Waals surface area contributed by atoms with Crippen LogP contribution < -0.4 is 4.74 Å². The smallest absolute Gasteiger partial charge is 0.165 e. The summed E-state index contributed by atoms with van der Waals surface area (Å²) in [5.41, 5.74) is 0.576. The number of methoxy groups -OCH3 is 1. The first kappa shape index (κ1) is 8.71. The summed E-state index contributed by atoms with van der Waals surface area (Å²) in [4.78, 5) is 10.2. The maximum absolute atomic E-state index is 12.9. The third-order valence-corrected chi connectivity index (χ3v) is 1.56. The number of hydrogen-bond donors (Lipinski definition) is 0. The van der Waals surface area contributed by atoms with E-state index in [9.17, 15) is 9.18 Å². The number of benzene rings is 1. The van der Waals surface area contributed by atoms with Gasteiger partial charge in [-0.3, -0.25) is 0 Å². The lowest BCUT2D eigenvalue weighted by Gasteiger charge is -2.05. The van der Waals surface area contributed by atoms with E-state index in [1.165, 1.54) is 13.2 Å². The summed E-state index contributed by atoms with van der Waals surface area (Å²) in [6.07, 6.45) is 0.901. The van der Waals surface area contributed by atoms with Crippen molar-refractivity contribution in [2.24, 2.45) is 0 Å². The van der Waals surface area contributed by atoms with E-state index in [4.69, 9.17) is 4.74 Å². The van der Waals surface area contributed by atoms with Crippen LogP contribution in [0, 0.1) is 5.82 Å². The first-order valence-electron chi connectivity index (χ1n) is 3.54. The van der Waals surface area contributed by atoms with Crippen molar-refractivity contribution in [2.45, 2.75) is 6.42 Å². The molecule has 0 N–H and O–H groups in total. The number of hydrogen-bond acceptors (Lipinski definition) is 2. The molecule has 0 spiro atoms. The van der Waals surface area contributed by atoms with Crippen LogP contribution in [0.15, 0.2) is 18.2 Å². The average molecular weight is 168 g/mol. The predicted molar refractivity (Wildman–Crippen MR) is 42.7 cm³/mol. The second kappa shape index (κ2) is 3.85. The highest BCUT2D eigenvalue weighted by atomic mass is 19.1. The number of carbonyl (C=O) groups is 1. The van der Waals surface area contributed by atoms with Gasteiger partial charge in [-0.25, -0.2) is 4.39 Å². The Labute approximate surface area is 70.0 Å². The molecule has 0 amide bonds. The van der Waals surface area contributed by atoms with Gasteiger partial charge in [-0.1, -0.05) is 12.1 Å². The Morgan fingerprint density at radius 1 is 1.58 bits per heavy atom. The third kappa shape index (κ3) is 1.61. The summed E-state index contributed by atoms with van der Waals surface area (Å²) in [6, 6.07) is 4.51. The molecule has 0 aliphatic rings. The van der Waals surface area contributed by atoms with Gasteiger partial charge in [0.05, 0.1) is 7.11 Å². The second-order valence-corrected chi connectivity index (χ2v) is 2.30. The number of carbonyl (C=O) groups excluding carboxylic acids is 1. The van der Waals surface area contributed by atoms with Crippen molar-refractivity contribution in [1.82, 2.24) is 0 Å². The quantitative estimate of drug-likeness (QED) is 0.640. The number of para-hydroxylation sites is 1. The van der Waals surface area contributed by atoms with E-state index in [-0.39, 0.29) is 12.2 Å². The van der Waals surface area contributed by atoms with E-state index in [1.807, 2.05) is 0 Å². The van der Waals surface area contributed by atoms with Crippen LogP contribution in [0.1, 0.15) is 5.56 Å². The zero-order valence-electron chi connectivity index (χ0n) is 6.71. The molecule has 1 aromatic carbocycles. The van der Waals surface area contributed by atoms with Crippen LogP contribution in [0.5, 0.6) is 5.75 Å². The van der Waals surface area contributed by atoms with Gasteiger partial charge in [0.1, 0.15) is 6.29 Å². The molecule has 0 fully saturated rings. The lowest BCUT2D eigenvalue weighted by molar-refractivity contribution is -0.107. The Balaban J connectivity index is 3.08. The molecule has 1 rings (SSSR count). The van der Waals surface area contributed by atoms with E-state index in [0.29, 0.717) is 5.56 Å². The summed E-state index contributed by atoms with van der Waals surface area (Å²) in [7, 11) is 1.38. The van der Waals surface area contributed by atoms with Crippen LogP contribution >= 0.6 is 0 Å². The van der Waals surface area contributed by atoms with Crippen LogP contribution in [0.4, 0.5) is 4.39 Å². The SMILES string of the molecule is COc1c(F)cccc1CC=O. The Morgan fingerprint density at radius 2 is 2.33 bits per heavy atom. The maximum Gasteiger partial charge on any atom is 0.165 e. The second-order valence-electron chi connectivity index (χ2n) is 2.30. The van der Waals surface area contributed by atoms with Crippen molar-refractivity contribution in [3.63, 3.8) is 0 Å². The van der Waals surface area contributed by atoms with Crippen molar-refractivity contribution in [3.05, 3.63) is 29.6 Å². The molecule has 0 saturated heterocycles. The van der Waals surface area contributed by atoms with Crippen molar-refractivity contribution < 1.29 is 13.9 Å². The van der Waals surface area contributed by atoms with Gasteiger partial charge in [-0.15, -0.1) is 0 Å². The number of rotatable bonds is 3. The fraction of sp³-hybridized carbons (Fsp3) is 0.222. The van der Waals surface area contributed by atoms with Gasteiger partial charge in [0, 0.05) is 12.0 Å². The van der Waals surface area contributed by atoms with Crippen molar-refractivity contribution >= 4 is 6.29 Å². The first-order valence-corrected chi connectivity index (χ1v) is 3.54. The fourth-order valence-electron chi connectivity index (χ4n) is 1.03. The molecule has 0 aliphatic heterocycles. The molecule has 0 bridgehead atoms. The van der Waals surface area contributed by atoms with Crippen LogP contribution in [0.2, 0.25) is 0 Å². The van der Waals surface area contributed by atoms with E-state index in [2.05, 4.69) is 0 Å². The molecular weight excluding hydrogens is 159 g/mol. The number of aldehydes is 1. The predicted octanol–water partition coefficient (Wildman–Crippen LogP) is 1.58. The van der Waals surface area contributed by atoms with Crippen LogP contribution in [0.3, 0.4) is 0 Å². The molecule has 0 saturated carbocycles. The summed E-state index contributed by atoms with van der Waals surface area (Å²) >= 11 is 0. The van der Waals surface area contributed by atoms with E-state index in [0.717, 1.165) is 6.29 Å². The van der Waals surface area contributed by atoms with Crippen LogP contribution in [-0.4, -0.2) is 13.4 Å².